The lowest BCUT2D eigenvalue weighted by Gasteiger charge is -2.08. The van der Waals surface area contributed by atoms with Crippen molar-refractivity contribution in [2.45, 2.75) is 6.92 Å². The van der Waals surface area contributed by atoms with Crippen LogP contribution in [0, 0.1) is 12.7 Å². The second kappa shape index (κ2) is 4.14. The molecule has 0 radical (unpaired) electrons. The van der Waals surface area contributed by atoms with E-state index in [-0.39, 0.29) is 5.82 Å². The first-order valence-corrected chi connectivity index (χ1v) is 5.27. The van der Waals surface area contributed by atoms with E-state index in [0.29, 0.717) is 10.7 Å². The van der Waals surface area contributed by atoms with Crippen LogP contribution in [-0.2, 0) is 0 Å². The SMILES string of the molecule is Cc1ccc(-c2ccc(F)cc2Cl)c(N)c1. The van der Waals surface area contributed by atoms with Crippen molar-refractivity contribution in [1.29, 1.82) is 0 Å². The molecule has 0 spiro atoms. The molecular weight excluding hydrogens is 225 g/mol. The summed E-state index contributed by atoms with van der Waals surface area (Å²) in [4.78, 5) is 0. The van der Waals surface area contributed by atoms with E-state index < -0.39 is 0 Å². The minimum absolute atomic E-state index is 0.348. The van der Waals surface area contributed by atoms with E-state index in [0.717, 1.165) is 16.7 Å². The molecule has 0 amide bonds. The van der Waals surface area contributed by atoms with Crippen LogP contribution in [0.25, 0.3) is 11.1 Å². The third kappa shape index (κ3) is 2.02. The van der Waals surface area contributed by atoms with Gasteiger partial charge >= 0.3 is 0 Å². The molecule has 82 valence electrons. The Morgan fingerprint density at radius 1 is 1.06 bits per heavy atom. The van der Waals surface area contributed by atoms with Gasteiger partial charge in [-0.2, -0.15) is 0 Å². The van der Waals surface area contributed by atoms with Gasteiger partial charge in [0.2, 0.25) is 0 Å². The molecule has 0 saturated carbocycles. The van der Waals surface area contributed by atoms with Gasteiger partial charge in [-0.05, 0) is 36.8 Å². The maximum atomic E-state index is 12.9. The lowest BCUT2D eigenvalue weighted by atomic mass is 10.0. The molecule has 2 N–H and O–H groups in total. The predicted molar refractivity (Wildman–Crippen MR) is 66.0 cm³/mol. The summed E-state index contributed by atoms with van der Waals surface area (Å²) < 4.78 is 12.9. The molecule has 0 aliphatic carbocycles. The van der Waals surface area contributed by atoms with Crippen LogP contribution in [0.15, 0.2) is 36.4 Å². The molecule has 0 aliphatic heterocycles. The zero-order chi connectivity index (χ0) is 11.7. The standard InChI is InChI=1S/C13H11ClFN/c1-8-2-4-11(13(16)6-8)10-5-3-9(15)7-12(10)14/h2-7H,16H2,1H3. The predicted octanol–water partition coefficient (Wildman–Crippen LogP) is 4.04. The number of hydrogen-bond donors (Lipinski definition) is 1. The fraction of sp³-hybridized carbons (Fsp3) is 0.0769. The van der Waals surface area contributed by atoms with Gasteiger partial charge in [-0.3, -0.25) is 0 Å². The molecule has 2 aromatic carbocycles. The van der Waals surface area contributed by atoms with Crippen molar-refractivity contribution in [3.05, 3.63) is 52.8 Å². The molecule has 0 aromatic heterocycles. The van der Waals surface area contributed by atoms with Gasteiger partial charge in [0.05, 0.1) is 5.02 Å². The average molecular weight is 236 g/mol. The highest BCUT2D eigenvalue weighted by molar-refractivity contribution is 6.33. The van der Waals surface area contributed by atoms with Gasteiger partial charge in [-0.1, -0.05) is 23.7 Å². The van der Waals surface area contributed by atoms with Crippen LogP contribution in [0.2, 0.25) is 5.02 Å². The highest BCUT2D eigenvalue weighted by Crippen LogP contribution is 2.32. The van der Waals surface area contributed by atoms with E-state index in [1.165, 1.54) is 12.1 Å². The lowest BCUT2D eigenvalue weighted by Crippen LogP contribution is -1.91. The molecule has 1 nitrogen and oxygen atoms in total. The fourth-order valence-corrected chi connectivity index (χ4v) is 1.90. The zero-order valence-electron chi connectivity index (χ0n) is 8.80. The Morgan fingerprint density at radius 2 is 1.75 bits per heavy atom. The smallest absolute Gasteiger partial charge is 0.124 e. The third-order valence-corrected chi connectivity index (χ3v) is 2.74. The van der Waals surface area contributed by atoms with Crippen molar-refractivity contribution in [2.75, 3.05) is 5.73 Å². The van der Waals surface area contributed by atoms with E-state index in [2.05, 4.69) is 0 Å². The lowest BCUT2D eigenvalue weighted by molar-refractivity contribution is 0.628. The molecular formula is C13H11ClFN. The summed E-state index contributed by atoms with van der Waals surface area (Å²) >= 11 is 5.98. The van der Waals surface area contributed by atoms with Crippen LogP contribution in [0.5, 0.6) is 0 Å². The van der Waals surface area contributed by atoms with Crippen molar-refractivity contribution in [3.63, 3.8) is 0 Å². The Balaban J connectivity index is 2.59. The van der Waals surface area contributed by atoms with E-state index in [1.54, 1.807) is 6.07 Å². The van der Waals surface area contributed by atoms with Crippen LogP contribution in [-0.4, -0.2) is 0 Å². The number of benzene rings is 2. The number of nitrogens with two attached hydrogens (primary N) is 1. The van der Waals surface area contributed by atoms with Crippen molar-refractivity contribution in [1.82, 2.24) is 0 Å². The summed E-state index contributed by atoms with van der Waals surface area (Å²) in [7, 11) is 0. The van der Waals surface area contributed by atoms with E-state index >= 15 is 0 Å². The molecule has 0 heterocycles. The third-order valence-electron chi connectivity index (χ3n) is 2.43. The summed E-state index contributed by atoms with van der Waals surface area (Å²) in [5.41, 5.74) is 9.22. The van der Waals surface area contributed by atoms with Crippen molar-refractivity contribution >= 4 is 17.3 Å². The molecule has 2 aromatic rings. The van der Waals surface area contributed by atoms with Gasteiger partial charge in [0.15, 0.2) is 0 Å². The van der Waals surface area contributed by atoms with Crippen LogP contribution < -0.4 is 5.73 Å². The number of halogens is 2. The molecule has 16 heavy (non-hydrogen) atoms. The Hall–Kier alpha value is -1.54. The number of hydrogen-bond acceptors (Lipinski definition) is 1. The number of aryl methyl sites for hydroxylation is 1. The highest BCUT2D eigenvalue weighted by Gasteiger charge is 2.07. The molecule has 2 rings (SSSR count). The van der Waals surface area contributed by atoms with E-state index in [9.17, 15) is 4.39 Å². The minimum Gasteiger partial charge on any atom is -0.398 e. The Bertz CT molecular complexity index is 488. The quantitative estimate of drug-likeness (QED) is 0.742. The number of anilines is 1. The Labute approximate surface area is 98.7 Å². The second-order valence-corrected chi connectivity index (χ2v) is 4.12. The zero-order valence-corrected chi connectivity index (χ0v) is 9.55. The second-order valence-electron chi connectivity index (χ2n) is 3.71. The highest BCUT2D eigenvalue weighted by atomic mass is 35.5. The molecule has 0 fully saturated rings. The summed E-state index contributed by atoms with van der Waals surface area (Å²) in [6, 6.07) is 10.0. The minimum atomic E-state index is -0.348. The van der Waals surface area contributed by atoms with E-state index in [1.807, 2.05) is 25.1 Å². The molecule has 0 bridgehead atoms. The summed E-state index contributed by atoms with van der Waals surface area (Å²) in [6.07, 6.45) is 0. The fourth-order valence-electron chi connectivity index (χ4n) is 1.64. The van der Waals surface area contributed by atoms with Gasteiger partial charge in [0.1, 0.15) is 5.82 Å². The first-order chi connectivity index (χ1) is 7.58. The Morgan fingerprint density at radius 3 is 2.38 bits per heavy atom. The topological polar surface area (TPSA) is 26.0 Å². The van der Waals surface area contributed by atoms with Gasteiger partial charge < -0.3 is 5.73 Å². The summed E-state index contributed by atoms with van der Waals surface area (Å²) in [5.74, 6) is -0.348. The van der Waals surface area contributed by atoms with Crippen molar-refractivity contribution < 1.29 is 4.39 Å². The molecule has 0 saturated heterocycles. The van der Waals surface area contributed by atoms with Crippen LogP contribution in [0.1, 0.15) is 5.56 Å². The first kappa shape index (κ1) is 11.0. The monoisotopic (exact) mass is 235 g/mol. The molecule has 0 aliphatic rings. The van der Waals surface area contributed by atoms with Gasteiger partial charge in [-0.25, -0.2) is 4.39 Å². The maximum Gasteiger partial charge on any atom is 0.124 e. The van der Waals surface area contributed by atoms with Crippen LogP contribution in [0.4, 0.5) is 10.1 Å². The number of rotatable bonds is 1. The summed E-state index contributed by atoms with van der Waals surface area (Å²) in [6.45, 7) is 1.96. The molecule has 3 heteroatoms. The van der Waals surface area contributed by atoms with Gasteiger partial charge in [0.25, 0.3) is 0 Å². The average Bonchev–Trinajstić information content (AvgIpc) is 2.19. The van der Waals surface area contributed by atoms with Crippen molar-refractivity contribution in [3.8, 4) is 11.1 Å². The van der Waals surface area contributed by atoms with Gasteiger partial charge in [-0.15, -0.1) is 0 Å². The van der Waals surface area contributed by atoms with Gasteiger partial charge in [0, 0.05) is 16.8 Å². The largest absolute Gasteiger partial charge is 0.398 e. The van der Waals surface area contributed by atoms with Crippen LogP contribution >= 0.6 is 11.6 Å². The van der Waals surface area contributed by atoms with E-state index in [4.69, 9.17) is 17.3 Å². The first-order valence-electron chi connectivity index (χ1n) is 4.89. The maximum absolute atomic E-state index is 12.9. The molecule has 0 atom stereocenters. The normalized spacial score (nSPS) is 10.4. The Kier molecular flexibility index (Phi) is 2.84. The summed E-state index contributed by atoms with van der Waals surface area (Å²) in [5, 5.41) is 0.371. The van der Waals surface area contributed by atoms with Crippen LogP contribution in [0.3, 0.4) is 0 Å². The number of nitrogen functional groups attached to an aromatic ring is 1. The van der Waals surface area contributed by atoms with Crippen molar-refractivity contribution in [2.24, 2.45) is 0 Å². The molecule has 0 unspecified atom stereocenters.